The number of methoxy groups -OCH3 is 1. The summed E-state index contributed by atoms with van der Waals surface area (Å²) in [6.45, 7) is 0. The molecule has 0 fully saturated rings. The van der Waals surface area contributed by atoms with Crippen LogP contribution in [0.4, 0.5) is 4.39 Å². The molecule has 0 saturated heterocycles. The van der Waals surface area contributed by atoms with Crippen molar-refractivity contribution in [3.63, 3.8) is 0 Å². The maximum Gasteiger partial charge on any atom is 0.188 e. The molecule has 2 aromatic rings. The second-order valence-electron chi connectivity index (χ2n) is 4.30. The van der Waals surface area contributed by atoms with Crippen molar-refractivity contribution in [1.29, 1.82) is 5.26 Å². The Bertz CT molecular complexity index is 704. The molecule has 0 aliphatic rings. The number of hydrogen-bond donors (Lipinski definition) is 0. The van der Waals surface area contributed by atoms with E-state index in [2.05, 4.69) is 15.9 Å². The molecule has 0 N–H and O–H groups in total. The summed E-state index contributed by atoms with van der Waals surface area (Å²) in [7, 11) is 1.50. The third-order valence-electron chi connectivity index (χ3n) is 3.03. The molecule has 106 valence electrons. The molecule has 0 amide bonds. The molecular weight excluding hydrogens is 337 g/mol. The van der Waals surface area contributed by atoms with Gasteiger partial charge in [0.15, 0.2) is 5.78 Å². The number of nitrogens with zero attached hydrogens (tertiary/aromatic N) is 1. The van der Waals surface area contributed by atoms with Gasteiger partial charge in [0.2, 0.25) is 0 Å². The lowest BCUT2D eigenvalue weighted by Gasteiger charge is -2.12. The highest BCUT2D eigenvalue weighted by Gasteiger charge is 2.26. The van der Waals surface area contributed by atoms with E-state index >= 15 is 0 Å². The number of hydrogen-bond acceptors (Lipinski definition) is 3. The van der Waals surface area contributed by atoms with Crippen LogP contribution >= 0.6 is 15.9 Å². The van der Waals surface area contributed by atoms with Crippen LogP contribution in [0.5, 0.6) is 5.75 Å². The topological polar surface area (TPSA) is 50.1 Å². The Balaban J connectivity index is 2.46. The van der Waals surface area contributed by atoms with E-state index in [1.165, 1.54) is 19.2 Å². The van der Waals surface area contributed by atoms with Crippen molar-refractivity contribution in [2.45, 2.75) is 5.92 Å². The molecule has 21 heavy (non-hydrogen) atoms. The molecule has 0 aliphatic carbocycles. The third-order valence-corrected chi connectivity index (χ3v) is 3.69. The largest absolute Gasteiger partial charge is 0.497 e. The van der Waals surface area contributed by atoms with Crippen LogP contribution in [0.2, 0.25) is 0 Å². The van der Waals surface area contributed by atoms with Crippen LogP contribution in [0, 0.1) is 17.1 Å². The van der Waals surface area contributed by atoms with Crippen molar-refractivity contribution in [3.8, 4) is 11.8 Å². The van der Waals surface area contributed by atoms with Gasteiger partial charge in [-0.05, 0) is 45.8 Å². The van der Waals surface area contributed by atoms with Gasteiger partial charge in [-0.15, -0.1) is 0 Å². The van der Waals surface area contributed by atoms with Crippen LogP contribution in [0.3, 0.4) is 0 Å². The minimum atomic E-state index is -1.09. The van der Waals surface area contributed by atoms with Gasteiger partial charge in [-0.1, -0.05) is 18.2 Å². The van der Waals surface area contributed by atoms with E-state index in [4.69, 9.17) is 4.74 Å². The molecule has 0 radical (unpaired) electrons. The number of ketones is 1. The van der Waals surface area contributed by atoms with Crippen LogP contribution in [0.1, 0.15) is 21.8 Å². The fourth-order valence-electron chi connectivity index (χ4n) is 1.98. The number of carbonyl (C=O) groups is 1. The van der Waals surface area contributed by atoms with Gasteiger partial charge in [-0.25, -0.2) is 4.39 Å². The lowest BCUT2D eigenvalue weighted by atomic mass is 9.91. The molecule has 3 nitrogen and oxygen atoms in total. The van der Waals surface area contributed by atoms with Crippen molar-refractivity contribution in [2.75, 3.05) is 7.11 Å². The lowest BCUT2D eigenvalue weighted by Crippen LogP contribution is -2.14. The Hall–Kier alpha value is -2.19. The maximum atomic E-state index is 13.9. The van der Waals surface area contributed by atoms with Crippen LogP contribution in [0.15, 0.2) is 46.9 Å². The summed E-state index contributed by atoms with van der Waals surface area (Å²) in [6, 6.07) is 12.8. The van der Waals surface area contributed by atoms with Crippen LogP contribution < -0.4 is 4.74 Å². The molecule has 0 aliphatic heterocycles. The minimum Gasteiger partial charge on any atom is -0.497 e. The van der Waals surface area contributed by atoms with Gasteiger partial charge in [0, 0.05) is 4.47 Å². The highest BCUT2D eigenvalue weighted by atomic mass is 79.9. The first-order chi connectivity index (χ1) is 10.1. The number of carbonyl (C=O) groups excluding carboxylic acids is 1. The van der Waals surface area contributed by atoms with Crippen LogP contribution in [0.25, 0.3) is 0 Å². The average Bonchev–Trinajstić information content (AvgIpc) is 2.48. The molecular formula is C16H11BrFNO2. The summed E-state index contributed by atoms with van der Waals surface area (Å²) in [5.41, 5.74) is 0.351. The molecule has 2 aromatic carbocycles. The van der Waals surface area contributed by atoms with Crippen LogP contribution in [-0.2, 0) is 0 Å². The van der Waals surface area contributed by atoms with Crippen molar-refractivity contribution in [3.05, 3.63) is 63.9 Å². The van der Waals surface area contributed by atoms with Gasteiger partial charge in [0.1, 0.15) is 17.5 Å². The monoisotopic (exact) mass is 347 g/mol. The van der Waals surface area contributed by atoms with E-state index < -0.39 is 17.5 Å². The van der Waals surface area contributed by atoms with Gasteiger partial charge in [-0.2, -0.15) is 5.26 Å². The third kappa shape index (κ3) is 3.11. The number of halogens is 2. The first-order valence-corrected chi connectivity index (χ1v) is 6.89. The number of Topliss-reactive ketones (excluding diaryl/α,β-unsaturated/α-hetero) is 1. The Morgan fingerprint density at radius 3 is 2.67 bits per heavy atom. The number of rotatable bonds is 4. The Labute approximate surface area is 130 Å². The zero-order valence-corrected chi connectivity index (χ0v) is 12.7. The van der Waals surface area contributed by atoms with E-state index in [0.717, 1.165) is 0 Å². The van der Waals surface area contributed by atoms with Gasteiger partial charge in [0.25, 0.3) is 0 Å². The number of nitriles is 1. The quantitative estimate of drug-likeness (QED) is 0.782. The standard InChI is InChI=1S/C16H11BrFNO2/c1-21-11-5-2-4-10(8-11)12(9-19)16(20)15-13(17)6-3-7-14(15)18/h2-8,12H,1H3. The lowest BCUT2D eigenvalue weighted by molar-refractivity contribution is 0.0974. The zero-order chi connectivity index (χ0) is 15.4. The van der Waals surface area contributed by atoms with Crippen molar-refractivity contribution >= 4 is 21.7 Å². The van der Waals surface area contributed by atoms with Crippen LogP contribution in [-0.4, -0.2) is 12.9 Å². The maximum absolute atomic E-state index is 13.9. The molecule has 0 heterocycles. The Morgan fingerprint density at radius 2 is 2.05 bits per heavy atom. The molecule has 2 rings (SSSR count). The number of benzene rings is 2. The van der Waals surface area contributed by atoms with Crippen molar-refractivity contribution < 1.29 is 13.9 Å². The van der Waals surface area contributed by atoms with E-state index in [1.54, 1.807) is 30.3 Å². The fourth-order valence-corrected chi connectivity index (χ4v) is 2.52. The minimum absolute atomic E-state index is 0.119. The molecule has 0 spiro atoms. The van der Waals surface area contributed by atoms with Crippen molar-refractivity contribution in [2.24, 2.45) is 0 Å². The second-order valence-corrected chi connectivity index (χ2v) is 5.15. The summed E-state index contributed by atoms with van der Waals surface area (Å²) in [4.78, 5) is 12.5. The van der Waals surface area contributed by atoms with Gasteiger partial charge in [0.05, 0.1) is 18.7 Å². The summed E-state index contributed by atoms with van der Waals surface area (Å²) >= 11 is 3.15. The predicted octanol–water partition coefficient (Wildman–Crippen LogP) is 4.09. The molecule has 0 saturated carbocycles. The molecule has 0 aromatic heterocycles. The molecule has 5 heteroatoms. The van der Waals surface area contributed by atoms with E-state index in [1.807, 2.05) is 6.07 Å². The summed E-state index contributed by atoms with van der Waals surface area (Å²) in [5, 5.41) is 9.31. The molecule has 1 unspecified atom stereocenters. The summed E-state index contributed by atoms with van der Waals surface area (Å²) < 4.78 is 19.3. The normalized spacial score (nSPS) is 11.5. The smallest absolute Gasteiger partial charge is 0.188 e. The van der Waals surface area contributed by atoms with E-state index in [0.29, 0.717) is 15.8 Å². The first-order valence-electron chi connectivity index (χ1n) is 6.10. The highest BCUT2D eigenvalue weighted by molar-refractivity contribution is 9.10. The number of ether oxygens (including phenoxy) is 1. The summed E-state index contributed by atoms with van der Waals surface area (Å²) in [5.74, 6) is -1.80. The first kappa shape index (κ1) is 15.2. The zero-order valence-electron chi connectivity index (χ0n) is 11.1. The van der Waals surface area contributed by atoms with Gasteiger partial charge < -0.3 is 4.74 Å². The highest BCUT2D eigenvalue weighted by Crippen LogP contribution is 2.28. The van der Waals surface area contributed by atoms with E-state index in [9.17, 15) is 14.4 Å². The van der Waals surface area contributed by atoms with Crippen molar-refractivity contribution in [1.82, 2.24) is 0 Å². The molecule has 1 atom stereocenters. The van der Waals surface area contributed by atoms with E-state index in [-0.39, 0.29) is 5.56 Å². The molecule has 0 bridgehead atoms. The average molecular weight is 348 g/mol. The Morgan fingerprint density at radius 1 is 1.33 bits per heavy atom. The SMILES string of the molecule is COc1cccc(C(C#N)C(=O)c2c(F)cccc2Br)c1. The fraction of sp³-hybridized carbons (Fsp3) is 0.125. The van der Waals surface area contributed by atoms with Gasteiger partial charge >= 0.3 is 0 Å². The second kappa shape index (κ2) is 6.51. The Kier molecular flexibility index (Phi) is 4.71. The summed E-state index contributed by atoms with van der Waals surface area (Å²) in [6.07, 6.45) is 0. The van der Waals surface area contributed by atoms with Gasteiger partial charge in [-0.3, -0.25) is 4.79 Å². The predicted molar refractivity (Wildman–Crippen MR) is 79.8 cm³/mol.